The Hall–Kier alpha value is -1.82. The van der Waals surface area contributed by atoms with Gasteiger partial charge in [0.25, 0.3) is 0 Å². The molecule has 3 rings (SSSR count). The van der Waals surface area contributed by atoms with E-state index in [1.165, 1.54) is 0 Å². The third-order valence-electron chi connectivity index (χ3n) is 2.76. The average molecular weight is 321 g/mol. The molecule has 0 spiro atoms. The van der Waals surface area contributed by atoms with Crippen LogP contribution in [-0.4, -0.2) is 20.6 Å². The van der Waals surface area contributed by atoms with Crippen LogP contribution in [0.1, 0.15) is 12.7 Å². The second-order valence-corrected chi connectivity index (χ2v) is 5.33. The van der Waals surface area contributed by atoms with E-state index in [0.29, 0.717) is 5.95 Å². The zero-order valence-electron chi connectivity index (χ0n) is 10.4. The number of aromatic nitrogens is 3. The van der Waals surface area contributed by atoms with E-state index in [1.807, 2.05) is 30.5 Å². The topological polar surface area (TPSA) is 55.4 Å². The molecule has 6 heteroatoms. The summed E-state index contributed by atoms with van der Waals surface area (Å²) in [5, 5.41) is 7.65. The highest BCUT2D eigenvalue weighted by Crippen LogP contribution is 2.13. The molecule has 0 bridgehead atoms. The second-order valence-electron chi connectivity index (χ2n) is 4.41. The Morgan fingerprint density at radius 2 is 2.32 bits per heavy atom. The summed E-state index contributed by atoms with van der Waals surface area (Å²) in [7, 11) is 0. The van der Waals surface area contributed by atoms with Gasteiger partial charge in [-0.2, -0.15) is 4.98 Å². The van der Waals surface area contributed by atoms with E-state index in [0.717, 1.165) is 22.3 Å². The van der Waals surface area contributed by atoms with Gasteiger partial charge in [-0.15, -0.1) is 5.10 Å². The summed E-state index contributed by atoms with van der Waals surface area (Å²) < 4.78 is 8.04. The van der Waals surface area contributed by atoms with Crippen molar-refractivity contribution < 1.29 is 4.42 Å². The number of furan rings is 1. The van der Waals surface area contributed by atoms with Crippen LogP contribution in [-0.2, 0) is 6.42 Å². The van der Waals surface area contributed by atoms with Crippen molar-refractivity contribution in [3.8, 4) is 0 Å². The summed E-state index contributed by atoms with van der Waals surface area (Å²) in [5.41, 5.74) is 0.816. The maximum Gasteiger partial charge on any atom is 0.243 e. The van der Waals surface area contributed by atoms with E-state index in [-0.39, 0.29) is 6.04 Å². The van der Waals surface area contributed by atoms with E-state index in [4.69, 9.17) is 4.42 Å². The van der Waals surface area contributed by atoms with Crippen LogP contribution >= 0.6 is 15.9 Å². The number of fused-ring (bicyclic) bond motifs is 1. The Kier molecular flexibility index (Phi) is 3.25. The Morgan fingerprint density at radius 1 is 1.42 bits per heavy atom. The van der Waals surface area contributed by atoms with Crippen molar-refractivity contribution in [2.45, 2.75) is 19.4 Å². The second kappa shape index (κ2) is 5.05. The Labute approximate surface area is 118 Å². The van der Waals surface area contributed by atoms with E-state index < -0.39 is 0 Å². The van der Waals surface area contributed by atoms with Gasteiger partial charge in [-0.05, 0) is 47.1 Å². The van der Waals surface area contributed by atoms with Crippen molar-refractivity contribution >= 4 is 27.5 Å². The van der Waals surface area contributed by atoms with Crippen LogP contribution < -0.4 is 5.32 Å². The van der Waals surface area contributed by atoms with Gasteiger partial charge in [0.05, 0.1) is 6.26 Å². The van der Waals surface area contributed by atoms with Crippen molar-refractivity contribution in [2.75, 3.05) is 5.32 Å². The van der Waals surface area contributed by atoms with E-state index in [2.05, 4.69) is 38.3 Å². The molecule has 0 aliphatic rings. The first-order valence-electron chi connectivity index (χ1n) is 6.01. The van der Waals surface area contributed by atoms with Crippen molar-refractivity contribution in [2.24, 2.45) is 0 Å². The number of hydrogen-bond acceptors (Lipinski definition) is 4. The van der Waals surface area contributed by atoms with Crippen LogP contribution in [0.5, 0.6) is 0 Å². The molecule has 0 fully saturated rings. The normalized spacial score (nSPS) is 12.7. The van der Waals surface area contributed by atoms with Gasteiger partial charge in [-0.25, -0.2) is 4.52 Å². The first kappa shape index (κ1) is 12.2. The molecule has 0 aliphatic carbocycles. The van der Waals surface area contributed by atoms with E-state index in [1.54, 1.807) is 10.8 Å². The van der Waals surface area contributed by atoms with Crippen LogP contribution in [0.3, 0.4) is 0 Å². The molecule has 19 heavy (non-hydrogen) atoms. The first-order chi connectivity index (χ1) is 9.20. The molecule has 1 atom stereocenters. The lowest BCUT2D eigenvalue weighted by Gasteiger charge is -2.09. The van der Waals surface area contributed by atoms with Gasteiger partial charge < -0.3 is 9.73 Å². The lowest BCUT2D eigenvalue weighted by Crippen LogP contribution is -2.18. The molecule has 0 aliphatic heterocycles. The van der Waals surface area contributed by atoms with Gasteiger partial charge in [-0.3, -0.25) is 0 Å². The Morgan fingerprint density at radius 3 is 3.11 bits per heavy atom. The van der Waals surface area contributed by atoms with E-state index in [9.17, 15) is 0 Å². The maximum atomic E-state index is 5.32. The summed E-state index contributed by atoms with van der Waals surface area (Å²) in [6, 6.07) is 7.92. The largest absolute Gasteiger partial charge is 0.469 e. The van der Waals surface area contributed by atoms with Crippen molar-refractivity contribution in [1.29, 1.82) is 0 Å². The molecule has 3 aromatic heterocycles. The van der Waals surface area contributed by atoms with Crippen molar-refractivity contribution in [3.05, 3.63) is 47.0 Å². The molecule has 1 N–H and O–H groups in total. The molecule has 0 aromatic carbocycles. The molecule has 3 heterocycles. The molecular formula is C13H13BrN4O. The summed E-state index contributed by atoms with van der Waals surface area (Å²) in [5.74, 6) is 1.57. The standard InChI is InChI=1S/C13H13BrN4O/c1-9(7-11-3-2-6-19-11)15-13-16-12-5-4-10(14)8-18(12)17-13/h2-6,8-9H,7H2,1H3,(H,15,17). The van der Waals surface area contributed by atoms with Crippen LogP contribution in [0, 0.1) is 0 Å². The number of pyridine rings is 1. The summed E-state index contributed by atoms with van der Waals surface area (Å²) in [6.45, 7) is 2.07. The lowest BCUT2D eigenvalue weighted by atomic mass is 10.2. The quantitative estimate of drug-likeness (QED) is 0.802. The summed E-state index contributed by atoms with van der Waals surface area (Å²) >= 11 is 3.41. The monoisotopic (exact) mass is 320 g/mol. The Balaban J connectivity index is 1.74. The number of hydrogen-bond donors (Lipinski definition) is 1. The fraction of sp³-hybridized carbons (Fsp3) is 0.231. The molecule has 0 radical (unpaired) electrons. The number of nitrogens with zero attached hydrogens (tertiary/aromatic N) is 3. The third kappa shape index (κ3) is 2.78. The first-order valence-corrected chi connectivity index (χ1v) is 6.81. The molecule has 0 saturated carbocycles. The molecule has 0 amide bonds. The number of nitrogens with one attached hydrogen (secondary N) is 1. The highest BCUT2D eigenvalue weighted by molar-refractivity contribution is 9.10. The lowest BCUT2D eigenvalue weighted by molar-refractivity contribution is 0.497. The van der Waals surface area contributed by atoms with Crippen molar-refractivity contribution in [1.82, 2.24) is 14.6 Å². The fourth-order valence-electron chi connectivity index (χ4n) is 1.92. The summed E-state index contributed by atoms with van der Waals surface area (Å²) in [6.07, 6.45) is 4.36. The Bertz CT molecular complexity index is 677. The van der Waals surface area contributed by atoms with Crippen LogP contribution in [0.15, 0.2) is 45.6 Å². The highest BCUT2D eigenvalue weighted by Gasteiger charge is 2.09. The van der Waals surface area contributed by atoms with Crippen molar-refractivity contribution in [3.63, 3.8) is 0 Å². The molecule has 0 saturated heterocycles. The van der Waals surface area contributed by atoms with Crippen LogP contribution in [0.2, 0.25) is 0 Å². The average Bonchev–Trinajstić information content (AvgIpc) is 2.97. The molecule has 98 valence electrons. The number of halogens is 1. The van der Waals surface area contributed by atoms with Gasteiger partial charge >= 0.3 is 0 Å². The minimum absolute atomic E-state index is 0.201. The summed E-state index contributed by atoms with van der Waals surface area (Å²) in [4.78, 5) is 4.41. The third-order valence-corrected chi connectivity index (χ3v) is 3.23. The predicted octanol–water partition coefficient (Wildman–Crippen LogP) is 3.13. The highest BCUT2D eigenvalue weighted by atomic mass is 79.9. The van der Waals surface area contributed by atoms with Gasteiger partial charge in [0.15, 0.2) is 5.65 Å². The minimum Gasteiger partial charge on any atom is -0.469 e. The number of rotatable bonds is 4. The SMILES string of the molecule is CC(Cc1ccco1)Nc1nc2ccc(Br)cn2n1. The zero-order valence-corrected chi connectivity index (χ0v) is 12.0. The van der Waals surface area contributed by atoms with Crippen LogP contribution in [0.4, 0.5) is 5.95 Å². The van der Waals surface area contributed by atoms with Gasteiger partial charge in [0.2, 0.25) is 5.95 Å². The van der Waals surface area contributed by atoms with Gasteiger partial charge in [0, 0.05) is 23.1 Å². The van der Waals surface area contributed by atoms with Gasteiger partial charge in [-0.1, -0.05) is 0 Å². The van der Waals surface area contributed by atoms with Crippen LogP contribution in [0.25, 0.3) is 5.65 Å². The fourth-order valence-corrected chi connectivity index (χ4v) is 2.25. The molecule has 1 unspecified atom stereocenters. The smallest absolute Gasteiger partial charge is 0.243 e. The predicted molar refractivity (Wildman–Crippen MR) is 76.2 cm³/mol. The maximum absolute atomic E-state index is 5.32. The minimum atomic E-state index is 0.201. The van der Waals surface area contributed by atoms with E-state index >= 15 is 0 Å². The molecule has 5 nitrogen and oxygen atoms in total. The molecular weight excluding hydrogens is 308 g/mol. The zero-order chi connectivity index (χ0) is 13.2. The van der Waals surface area contributed by atoms with Gasteiger partial charge in [0.1, 0.15) is 5.76 Å². The number of anilines is 1. The molecule has 3 aromatic rings.